The fourth-order valence-electron chi connectivity index (χ4n) is 2.04. The van der Waals surface area contributed by atoms with Crippen LogP contribution in [0.5, 0.6) is 5.75 Å². The van der Waals surface area contributed by atoms with Crippen molar-refractivity contribution in [2.45, 2.75) is 24.8 Å². The van der Waals surface area contributed by atoms with Crippen LogP contribution in [0.25, 0.3) is 0 Å². The highest BCUT2D eigenvalue weighted by molar-refractivity contribution is 5.86. The van der Waals surface area contributed by atoms with Crippen molar-refractivity contribution in [1.29, 1.82) is 0 Å². The molecule has 0 aromatic heterocycles. The lowest BCUT2D eigenvalue weighted by Gasteiger charge is -2.10. The summed E-state index contributed by atoms with van der Waals surface area (Å²) < 4.78 is 10.1. The molecule has 2 rings (SSSR count). The number of ether oxygens (including phenoxy) is 2. The van der Waals surface area contributed by atoms with Crippen LogP contribution < -0.4 is 10.5 Å². The Hall–Kier alpha value is -1.55. The van der Waals surface area contributed by atoms with Gasteiger partial charge in [-0.3, -0.25) is 4.79 Å². The van der Waals surface area contributed by atoms with Gasteiger partial charge in [-0.2, -0.15) is 0 Å². The van der Waals surface area contributed by atoms with Crippen LogP contribution in [0.3, 0.4) is 0 Å². The molecule has 0 aliphatic heterocycles. The van der Waals surface area contributed by atoms with Gasteiger partial charge in [0.1, 0.15) is 11.3 Å². The predicted molar refractivity (Wildman–Crippen MR) is 63.9 cm³/mol. The molecule has 0 spiro atoms. The third-order valence-corrected chi connectivity index (χ3v) is 3.16. The first-order valence-electron chi connectivity index (χ1n) is 5.72. The molecule has 4 nitrogen and oxygen atoms in total. The number of methoxy groups -OCH3 is 1. The average molecular weight is 235 g/mol. The molecule has 0 radical (unpaired) electrons. The molecule has 92 valence electrons. The maximum Gasteiger partial charge on any atom is 0.326 e. The van der Waals surface area contributed by atoms with Crippen LogP contribution in [-0.2, 0) is 9.53 Å². The molecule has 1 saturated carbocycles. The average Bonchev–Trinajstić information content (AvgIpc) is 3.04. The van der Waals surface area contributed by atoms with Crippen molar-refractivity contribution in [3.8, 4) is 5.75 Å². The van der Waals surface area contributed by atoms with Crippen LogP contribution in [0.4, 0.5) is 0 Å². The van der Waals surface area contributed by atoms with Crippen LogP contribution in [0, 0.1) is 0 Å². The molecule has 2 unspecified atom stereocenters. The highest BCUT2D eigenvalue weighted by Gasteiger charge is 2.59. The van der Waals surface area contributed by atoms with Crippen LogP contribution in [0.2, 0.25) is 0 Å². The van der Waals surface area contributed by atoms with Gasteiger partial charge in [0, 0.05) is 5.92 Å². The molecule has 0 bridgehead atoms. The number of hydrogen-bond acceptors (Lipinski definition) is 4. The zero-order valence-corrected chi connectivity index (χ0v) is 10.1. The smallest absolute Gasteiger partial charge is 0.326 e. The third-order valence-electron chi connectivity index (χ3n) is 3.16. The Labute approximate surface area is 101 Å². The summed E-state index contributed by atoms with van der Waals surface area (Å²) in [4.78, 5) is 11.7. The number of benzene rings is 1. The van der Waals surface area contributed by atoms with E-state index in [2.05, 4.69) is 0 Å². The minimum absolute atomic E-state index is 0.0386. The van der Waals surface area contributed by atoms with E-state index in [0.29, 0.717) is 13.0 Å². The Balaban J connectivity index is 2.13. The Morgan fingerprint density at radius 2 is 2.35 bits per heavy atom. The zero-order valence-electron chi connectivity index (χ0n) is 10.1. The minimum Gasteiger partial charge on any atom is -0.497 e. The van der Waals surface area contributed by atoms with Gasteiger partial charge in [0.15, 0.2) is 0 Å². The van der Waals surface area contributed by atoms with Gasteiger partial charge in [-0.15, -0.1) is 0 Å². The fraction of sp³-hybridized carbons (Fsp3) is 0.462. The molecular formula is C13H17NO3. The van der Waals surface area contributed by atoms with Gasteiger partial charge >= 0.3 is 5.97 Å². The summed E-state index contributed by atoms with van der Waals surface area (Å²) in [7, 11) is 1.62. The Bertz CT molecular complexity index is 432. The molecule has 0 saturated heterocycles. The maximum absolute atomic E-state index is 11.7. The highest BCUT2D eigenvalue weighted by Crippen LogP contribution is 2.50. The number of esters is 1. The summed E-state index contributed by atoms with van der Waals surface area (Å²) in [6, 6.07) is 7.64. The summed E-state index contributed by atoms with van der Waals surface area (Å²) in [5.41, 5.74) is 6.21. The van der Waals surface area contributed by atoms with Crippen molar-refractivity contribution in [2.75, 3.05) is 13.7 Å². The van der Waals surface area contributed by atoms with E-state index in [4.69, 9.17) is 15.2 Å². The first-order chi connectivity index (χ1) is 8.11. The molecule has 2 atom stereocenters. The number of carbonyl (C=O) groups excluding carboxylic acids is 1. The second-order valence-electron chi connectivity index (χ2n) is 4.29. The Morgan fingerprint density at radius 1 is 1.59 bits per heavy atom. The third kappa shape index (κ3) is 2.13. The van der Waals surface area contributed by atoms with Crippen molar-refractivity contribution >= 4 is 5.97 Å². The lowest BCUT2D eigenvalue weighted by atomic mass is 10.1. The number of hydrogen-bond donors (Lipinski definition) is 1. The SMILES string of the molecule is CCOC(=O)C1(N)CC1c1cccc(OC)c1. The van der Waals surface area contributed by atoms with E-state index < -0.39 is 5.54 Å². The van der Waals surface area contributed by atoms with E-state index in [1.54, 1.807) is 14.0 Å². The number of nitrogens with two attached hydrogens (primary N) is 1. The van der Waals surface area contributed by atoms with E-state index in [0.717, 1.165) is 11.3 Å². The highest BCUT2D eigenvalue weighted by atomic mass is 16.5. The van der Waals surface area contributed by atoms with Crippen molar-refractivity contribution in [2.24, 2.45) is 5.73 Å². The van der Waals surface area contributed by atoms with Gasteiger partial charge in [-0.05, 0) is 31.0 Å². The molecule has 1 aromatic carbocycles. The molecule has 1 aliphatic rings. The molecule has 0 amide bonds. The summed E-state index contributed by atoms with van der Waals surface area (Å²) in [6.07, 6.45) is 0.638. The second kappa shape index (κ2) is 4.37. The fourth-order valence-corrected chi connectivity index (χ4v) is 2.04. The van der Waals surface area contributed by atoms with Crippen molar-refractivity contribution in [1.82, 2.24) is 0 Å². The maximum atomic E-state index is 11.7. The minimum atomic E-state index is -0.845. The monoisotopic (exact) mass is 235 g/mol. The van der Waals surface area contributed by atoms with Crippen LogP contribution in [0.1, 0.15) is 24.8 Å². The predicted octanol–water partition coefficient (Wildman–Crippen LogP) is 1.44. The summed E-state index contributed by atoms with van der Waals surface area (Å²) >= 11 is 0. The van der Waals surface area contributed by atoms with Gasteiger partial charge in [-0.1, -0.05) is 12.1 Å². The van der Waals surface area contributed by atoms with Gasteiger partial charge in [-0.25, -0.2) is 0 Å². The quantitative estimate of drug-likeness (QED) is 0.802. The van der Waals surface area contributed by atoms with Crippen molar-refractivity contribution < 1.29 is 14.3 Å². The first-order valence-corrected chi connectivity index (χ1v) is 5.72. The van der Waals surface area contributed by atoms with E-state index in [-0.39, 0.29) is 11.9 Å². The van der Waals surface area contributed by atoms with Crippen LogP contribution >= 0.6 is 0 Å². The molecule has 1 aromatic rings. The first kappa shape index (κ1) is 11.9. The lowest BCUT2D eigenvalue weighted by molar-refractivity contribution is -0.146. The van der Waals surface area contributed by atoms with E-state index >= 15 is 0 Å². The summed E-state index contributed by atoms with van der Waals surface area (Å²) in [6.45, 7) is 2.15. The lowest BCUT2D eigenvalue weighted by Crippen LogP contribution is -2.36. The van der Waals surface area contributed by atoms with Crippen molar-refractivity contribution in [3.63, 3.8) is 0 Å². The topological polar surface area (TPSA) is 61.5 Å². The number of carbonyl (C=O) groups is 1. The van der Waals surface area contributed by atoms with Gasteiger partial charge in [0.2, 0.25) is 0 Å². The van der Waals surface area contributed by atoms with Gasteiger partial charge < -0.3 is 15.2 Å². The standard InChI is InChI=1S/C13H17NO3/c1-3-17-12(15)13(14)8-11(13)9-5-4-6-10(7-9)16-2/h4-7,11H,3,8,14H2,1-2H3. The molecule has 2 N–H and O–H groups in total. The molecular weight excluding hydrogens is 218 g/mol. The largest absolute Gasteiger partial charge is 0.497 e. The number of rotatable bonds is 4. The van der Waals surface area contributed by atoms with E-state index in [1.165, 1.54) is 0 Å². The molecule has 1 fully saturated rings. The molecule has 1 aliphatic carbocycles. The second-order valence-corrected chi connectivity index (χ2v) is 4.29. The van der Waals surface area contributed by atoms with Crippen LogP contribution in [-0.4, -0.2) is 25.2 Å². The van der Waals surface area contributed by atoms with Crippen LogP contribution in [0.15, 0.2) is 24.3 Å². The zero-order chi connectivity index (χ0) is 12.5. The summed E-state index contributed by atoms with van der Waals surface area (Å²) in [5.74, 6) is 0.505. The van der Waals surface area contributed by atoms with Gasteiger partial charge in [0.25, 0.3) is 0 Å². The Kier molecular flexibility index (Phi) is 3.07. The Morgan fingerprint density at radius 3 is 3.00 bits per heavy atom. The van der Waals surface area contributed by atoms with Crippen molar-refractivity contribution in [3.05, 3.63) is 29.8 Å². The molecule has 0 heterocycles. The summed E-state index contributed by atoms with van der Waals surface area (Å²) in [5, 5.41) is 0. The molecule has 4 heteroatoms. The van der Waals surface area contributed by atoms with Gasteiger partial charge in [0.05, 0.1) is 13.7 Å². The normalized spacial score (nSPS) is 26.4. The molecule has 17 heavy (non-hydrogen) atoms. The van der Waals surface area contributed by atoms with E-state index in [1.807, 2.05) is 24.3 Å². The van der Waals surface area contributed by atoms with E-state index in [9.17, 15) is 4.79 Å².